The highest BCUT2D eigenvalue weighted by Gasteiger charge is 2.44. The number of carbonyl (C=O) groups excluding carboxylic acids is 2. The topological polar surface area (TPSA) is 71.1 Å². The van der Waals surface area contributed by atoms with Gasteiger partial charge in [0.25, 0.3) is 5.91 Å². The van der Waals surface area contributed by atoms with Gasteiger partial charge >= 0.3 is 6.03 Å². The molecule has 132 valence electrons. The van der Waals surface area contributed by atoms with Crippen molar-refractivity contribution >= 4 is 11.9 Å². The Morgan fingerprint density at radius 1 is 1.32 bits per heavy atom. The van der Waals surface area contributed by atoms with E-state index in [0.717, 1.165) is 5.56 Å². The minimum atomic E-state index is -0.521. The average molecular weight is 343 g/mol. The molecule has 0 spiro atoms. The molecular formula is C18H21N3O4. The SMILES string of the molecule is C=CCN1C(=O)NC(c2ccc(OC)cc2)C2=C1CN(OCC)C2=O. The van der Waals surface area contributed by atoms with Gasteiger partial charge in [-0.05, 0) is 24.6 Å². The molecule has 7 nitrogen and oxygen atoms in total. The Bertz CT molecular complexity index is 726. The monoisotopic (exact) mass is 343 g/mol. The van der Waals surface area contributed by atoms with Crippen molar-refractivity contribution in [3.63, 3.8) is 0 Å². The van der Waals surface area contributed by atoms with Crippen molar-refractivity contribution in [3.8, 4) is 5.75 Å². The maximum atomic E-state index is 12.8. The molecule has 2 heterocycles. The Kier molecular flexibility index (Phi) is 4.76. The summed E-state index contributed by atoms with van der Waals surface area (Å²) in [4.78, 5) is 32.3. The number of hydrogen-bond acceptors (Lipinski definition) is 4. The van der Waals surface area contributed by atoms with Gasteiger partial charge in [-0.15, -0.1) is 6.58 Å². The van der Waals surface area contributed by atoms with E-state index in [-0.39, 0.29) is 18.5 Å². The summed E-state index contributed by atoms with van der Waals surface area (Å²) in [7, 11) is 1.59. The summed E-state index contributed by atoms with van der Waals surface area (Å²) in [6.07, 6.45) is 1.63. The minimum absolute atomic E-state index is 0.230. The maximum absolute atomic E-state index is 12.8. The summed E-state index contributed by atoms with van der Waals surface area (Å²) >= 11 is 0. The molecular weight excluding hydrogens is 322 g/mol. The predicted octanol–water partition coefficient (Wildman–Crippen LogP) is 2.00. The molecule has 1 aromatic carbocycles. The van der Waals surface area contributed by atoms with E-state index in [2.05, 4.69) is 11.9 Å². The summed E-state index contributed by atoms with van der Waals surface area (Å²) in [6.45, 7) is 6.45. The maximum Gasteiger partial charge on any atom is 0.322 e. The van der Waals surface area contributed by atoms with Crippen LogP contribution in [0.25, 0.3) is 0 Å². The molecule has 2 aliphatic heterocycles. The Hall–Kier alpha value is -2.80. The molecule has 3 amide bonds. The third-order valence-corrected chi connectivity index (χ3v) is 4.23. The highest BCUT2D eigenvalue weighted by Crippen LogP contribution is 2.36. The lowest BCUT2D eigenvalue weighted by Crippen LogP contribution is -2.47. The number of ether oxygens (including phenoxy) is 1. The first kappa shape index (κ1) is 17.0. The Labute approximate surface area is 146 Å². The number of nitrogens with zero attached hydrogens (tertiary/aromatic N) is 2. The fraction of sp³-hybridized carbons (Fsp3) is 0.333. The van der Waals surface area contributed by atoms with Crippen LogP contribution in [-0.4, -0.2) is 48.7 Å². The molecule has 1 unspecified atom stereocenters. The molecule has 0 fully saturated rings. The highest BCUT2D eigenvalue weighted by atomic mass is 16.7. The van der Waals surface area contributed by atoms with Gasteiger partial charge in [0.2, 0.25) is 0 Å². The quantitative estimate of drug-likeness (QED) is 0.802. The van der Waals surface area contributed by atoms with Crippen molar-refractivity contribution in [2.24, 2.45) is 0 Å². The van der Waals surface area contributed by atoms with Crippen LogP contribution in [0.3, 0.4) is 0 Å². The first-order chi connectivity index (χ1) is 12.1. The normalized spacial score (nSPS) is 19.8. The van der Waals surface area contributed by atoms with Crippen molar-refractivity contribution < 1.29 is 19.2 Å². The third kappa shape index (κ3) is 2.98. The molecule has 3 rings (SSSR count). The zero-order chi connectivity index (χ0) is 18.0. The molecule has 0 aliphatic carbocycles. The van der Waals surface area contributed by atoms with Gasteiger partial charge in [0.15, 0.2) is 0 Å². The molecule has 1 N–H and O–H groups in total. The number of hydroxylamine groups is 2. The zero-order valence-electron chi connectivity index (χ0n) is 14.3. The first-order valence-electron chi connectivity index (χ1n) is 8.11. The lowest BCUT2D eigenvalue weighted by atomic mass is 9.95. The van der Waals surface area contributed by atoms with Gasteiger partial charge in [-0.25, -0.2) is 9.86 Å². The summed E-state index contributed by atoms with van der Waals surface area (Å²) in [5, 5.41) is 4.21. The van der Waals surface area contributed by atoms with Crippen LogP contribution in [0, 0.1) is 0 Å². The van der Waals surface area contributed by atoms with Gasteiger partial charge < -0.3 is 10.1 Å². The molecule has 1 atom stereocenters. The first-order valence-corrected chi connectivity index (χ1v) is 8.11. The van der Waals surface area contributed by atoms with Gasteiger partial charge in [-0.2, -0.15) is 0 Å². The molecule has 7 heteroatoms. The Morgan fingerprint density at radius 2 is 2.04 bits per heavy atom. The van der Waals surface area contributed by atoms with Crippen LogP contribution in [-0.2, 0) is 9.63 Å². The van der Waals surface area contributed by atoms with Gasteiger partial charge in [0, 0.05) is 6.54 Å². The van der Waals surface area contributed by atoms with E-state index in [9.17, 15) is 9.59 Å². The lowest BCUT2D eigenvalue weighted by molar-refractivity contribution is -0.174. The van der Waals surface area contributed by atoms with Gasteiger partial charge in [0.05, 0.1) is 37.6 Å². The van der Waals surface area contributed by atoms with Crippen molar-refractivity contribution in [3.05, 3.63) is 53.8 Å². The van der Waals surface area contributed by atoms with E-state index in [1.165, 1.54) is 9.96 Å². The zero-order valence-corrected chi connectivity index (χ0v) is 14.3. The fourth-order valence-corrected chi connectivity index (χ4v) is 3.10. The minimum Gasteiger partial charge on any atom is -0.497 e. The Balaban J connectivity index is 2.02. The second-order valence-corrected chi connectivity index (χ2v) is 5.67. The molecule has 0 bridgehead atoms. The van der Waals surface area contributed by atoms with E-state index >= 15 is 0 Å². The van der Waals surface area contributed by atoms with E-state index in [1.807, 2.05) is 19.1 Å². The summed E-state index contributed by atoms with van der Waals surface area (Å²) < 4.78 is 5.17. The number of methoxy groups -OCH3 is 1. The molecule has 0 saturated heterocycles. The van der Waals surface area contributed by atoms with Crippen LogP contribution in [0.5, 0.6) is 5.75 Å². The van der Waals surface area contributed by atoms with E-state index in [4.69, 9.17) is 9.57 Å². The smallest absolute Gasteiger partial charge is 0.322 e. The number of carbonyl (C=O) groups is 2. The van der Waals surface area contributed by atoms with E-state index in [0.29, 0.717) is 30.2 Å². The third-order valence-electron chi connectivity index (χ3n) is 4.23. The molecule has 0 aromatic heterocycles. The number of urea groups is 1. The van der Waals surface area contributed by atoms with E-state index in [1.54, 1.807) is 25.3 Å². The number of rotatable bonds is 6. The van der Waals surface area contributed by atoms with Crippen molar-refractivity contribution in [1.29, 1.82) is 0 Å². The second-order valence-electron chi connectivity index (χ2n) is 5.67. The summed E-state index contributed by atoms with van der Waals surface area (Å²) in [5.41, 5.74) is 1.99. The summed E-state index contributed by atoms with van der Waals surface area (Å²) in [6, 6.07) is 6.51. The number of amides is 3. The van der Waals surface area contributed by atoms with Crippen LogP contribution in [0.15, 0.2) is 48.2 Å². The lowest BCUT2D eigenvalue weighted by Gasteiger charge is -2.32. The number of hydrogen-bond donors (Lipinski definition) is 1. The highest BCUT2D eigenvalue weighted by molar-refractivity contribution is 6.00. The van der Waals surface area contributed by atoms with E-state index < -0.39 is 6.04 Å². The molecule has 2 aliphatic rings. The molecule has 1 aromatic rings. The van der Waals surface area contributed by atoms with Crippen molar-refractivity contribution in [2.75, 3.05) is 26.8 Å². The molecule has 0 saturated carbocycles. The van der Waals surface area contributed by atoms with Crippen molar-refractivity contribution in [2.45, 2.75) is 13.0 Å². The van der Waals surface area contributed by atoms with Crippen LogP contribution in [0.2, 0.25) is 0 Å². The van der Waals surface area contributed by atoms with Crippen LogP contribution >= 0.6 is 0 Å². The fourth-order valence-electron chi connectivity index (χ4n) is 3.10. The van der Waals surface area contributed by atoms with Gasteiger partial charge in [-0.1, -0.05) is 18.2 Å². The molecule has 25 heavy (non-hydrogen) atoms. The Morgan fingerprint density at radius 3 is 2.64 bits per heavy atom. The van der Waals surface area contributed by atoms with Gasteiger partial charge in [-0.3, -0.25) is 14.5 Å². The number of benzene rings is 1. The predicted molar refractivity (Wildman–Crippen MR) is 91.5 cm³/mol. The van der Waals surface area contributed by atoms with Crippen LogP contribution < -0.4 is 10.1 Å². The second kappa shape index (κ2) is 6.98. The average Bonchev–Trinajstić information content (AvgIpc) is 2.94. The molecule has 0 radical (unpaired) electrons. The standard InChI is InChI=1S/C18H21N3O4/c1-4-10-20-14-11-21(25-5-2)17(22)15(14)16(19-18(20)23)12-6-8-13(24-3)9-7-12/h4,6-9,16H,1,5,10-11H2,2-3H3,(H,19,23). The van der Waals surface area contributed by atoms with Crippen LogP contribution in [0.4, 0.5) is 4.79 Å². The largest absolute Gasteiger partial charge is 0.497 e. The van der Waals surface area contributed by atoms with Crippen LogP contribution in [0.1, 0.15) is 18.5 Å². The van der Waals surface area contributed by atoms with Gasteiger partial charge in [0.1, 0.15) is 5.75 Å². The van der Waals surface area contributed by atoms with Crippen molar-refractivity contribution in [1.82, 2.24) is 15.3 Å². The summed E-state index contributed by atoms with van der Waals surface area (Å²) in [5.74, 6) is 0.480. The number of nitrogens with one attached hydrogen (secondary N) is 1.